The van der Waals surface area contributed by atoms with Crippen LogP contribution in [-0.2, 0) is 6.42 Å². The first-order chi connectivity index (χ1) is 13.2. The van der Waals surface area contributed by atoms with Gasteiger partial charge in [-0.1, -0.05) is 5.92 Å². The van der Waals surface area contributed by atoms with Crippen LogP contribution in [0, 0.1) is 17.7 Å². The maximum Gasteiger partial charge on any atom is 0.231 e. The zero-order valence-corrected chi connectivity index (χ0v) is 15.3. The number of ether oxygens (including phenoxy) is 4. The fourth-order valence-electron chi connectivity index (χ4n) is 3.52. The molecule has 5 nitrogen and oxygen atoms in total. The molecule has 0 radical (unpaired) electrons. The Morgan fingerprint density at radius 2 is 2.07 bits per heavy atom. The van der Waals surface area contributed by atoms with Crippen molar-refractivity contribution in [2.24, 2.45) is 0 Å². The molecule has 0 fully saturated rings. The summed E-state index contributed by atoms with van der Waals surface area (Å²) < 4.78 is 35.3. The van der Waals surface area contributed by atoms with E-state index in [2.05, 4.69) is 18.9 Å². The standard InChI is InChI=1S/C21H20FNO4/c1-23-10-9-14-12-18-20(27-13-26-18)21(24-2)19(14)17(23)4-3-11-25-16-7-5-15(22)6-8-16/h5-8,12,17H,9-11,13H2,1-2H3/p+1/t17-/m1/s1. The van der Waals surface area contributed by atoms with Gasteiger partial charge in [-0.3, -0.25) is 0 Å². The van der Waals surface area contributed by atoms with Crippen LogP contribution in [0.25, 0.3) is 0 Å². The fraction of sp³-hybridized carbons (Fsp3) is 0.333. The van der Waals surface area contributed by atoms with E-state index in [1.807, 2.05) is 6.07 Å². The normalized spacial score (nSPS) is 19.7. The summed E-state index contributed by atoms with van der Waals surface area (Å²) in [6.45, 7) is 1.41. The van der Waals surface area contributed by atoms with Gasteiger partial charge in [0.1, 0.15) is 18.2 Å². The lowest BCUT2D eigenvalue weighted by atomic mass is 9.91. The zero-order valence-electron chi connectivity index (χ0n) is 15.3. The number of fused-ring (bicyclic) bond motifs is 2. The third-order valence-corrected chi connectivity index (χ3v) is 4.89. The van der Waals surface area contributed by atoms with E-state index in [1.54, 1.807) is 19.2 Å². The first kappa shape index (κ1) is 17.5. The molecule has 2 aliphatic heterocycles. The molecule has 0 saturated carbocycles. The molecule has 2 aliphatic rings. The first-order valence-electron chi connectivity index (χ1n) is 8.86. The van der Waals surface area contributed by atoms with Crippen LogP contribution in [0.2, 0.25) is 0 Å². The van der Waals surface area contributed by atoms with E-state index in [1.165, 1.54) is 22.6 Å². The zero-order chi connectivity index (χ0) is 18.8. The van der Waals surface area contributed by atoms with Crippen molar-refractivity contribution >= 4 is 0 Å². The summed E-state index contributed by atoms with van der Waals surface area (Å²) in [5.74, 6) is 8.80. The molecule has 0 saturated heterocycles. The van der Waals surface area contributed by atoms with Gasteiger partial charge in [-0.2, -0.15) is 0 Å². The fourth-order valence-corrected chi connectivity index (χ4v) is 3.52. The summed E-state index contributed by atoms with van der Waals surface area (Å²) in [6, 6.07) is 7.91. The second kappa shape index (κ2) is 7.37. The molecule has 0 aliphatic carbocycles. The maximum absolute atomic E-state index is 13.0. The Bertz CT molecular complexity index is 901. The molecular formula is C21H21FNO4+. The highest BCUT2D eigenvalue weighted by molar-refractivity contribution is 5.62. The minimum absolute atomic E-state index is 0.0463. The number of methoxy groups -OCH3 is 1. The quantitative estimate of drug-likeness (QED) is 0.836. The van der Waals surface area contributed by atoms with E-state index in [-0.39, 0.29) is 25.3 Å². The lowest BCUT2D eigenvalue weighted by Gasteiger charge is -2.29. The topological polar surface area (TPSA) is 41.4 Å². The molecule has 0 spiro atoms. The molecule has 140 valence electrons. The van der Waals surface area contributed by atoms with E-state index in [9.17, 15) is 4.39 Å². The van der Waals surface area contributed by atoms with Gasteiger partial charge in [0, 0.05) is 6.42 Å². The maximum atomic E-state index is 13.0. The Kier molecular flexibility index (Phi) is 4.78. The van der Waals surface area contributed by atoms with Gasteiger partial charge in [0.05, 0.1) is 26.3 Å². The lowest BCUT2D eigenvalue weighted by Crippen LogP contribution is -3.10. The van der Waals surface area contributed by atoms with Crippen LogP contribution >= 0.6 is 0 Å². The van der Waals surface area contributed by atoms with Crippen molar-refractivity contribution in [2.75, 3.05) is 34.1 Å². The highest BCUT2D eigenvalue weighted by Crippen LogP contribution is 2.47. The third kappa shape index (κ3) is 3.38. The Morgan fingerprint density at radius 3 is 2.85 bits per heavy atom. The summed E-state index contributed by atoms with van der Waals surface area (Å²) in [5.41, 5.74) is 2.24. The molecule has 1 unspecified atom stereocenters. The summed E-state index contributed by atoms with van der Waals surface area (Å²) >= 11 is 0. The van der Waals surface area contributed by atoms with Crippen LogP contribution in [0.4, 0.5) is 4.39 Å². The van der Waals surface area contributed by atoms with Crippen LogP contribution < -0.4 is 23.8 Å². The smallest absolute Gasteiger partial charge is 0.231 e. The predicted octanol–water partition coefficient (Wildman–Crippen LogP) is 1.76. The van der Waals surface area contributed by atoms with Gasteiger partial charge in [-0.15, -0.1) is 0 Å². The van der Waals surface area contributed by atoms with Gasteiger partial charge in [0.15, 0.2) is 17.5 Å². The Labute approximate surface area is 157 Å². The number of hydrogen-bond donors (Lipinski definition) is 1. The van der Waals surface area contributed by atoms with Crippen LogP contribution in [0.15, 0.2) is 30.3 Å². The Morgan fingerprint density at radius 1 is 1.26 bits per heavy atom. The number of rotatable bonds is 3. The van der Waals surface area contributed by atoms with Crippen molar-refractivity contribution in [3.05, 3.63) is 47.3 Å². The number of hydrogen-bond acceptors (Lipinski definition) is 4. The predicted molar refractivity (Wildman–Crippen MR) is 97.0 cm³/mol. The molecule has 0 aromatic heterocycles. The molecule has 2 atom stereocenters. The van der Waals surface area contributed by atoms with Crippen molar-refractivity contribution in [2.45, 2.75) is 12.5 Å². The number of nitrogens with one attached hydrogen (secondary N) is 1. The van der Waals surface area contributed by atoms with E-state index >= 15 is 0 Å². The molecule has 27 heavy (non-hydrogen) atoms. The SMILES string of the molecule is COc1c2c(cc3c1[C@@H](C#CCOc1ccc(F)cc1)[NH+](C)CC3)OCO2. The second-order valence-corrected chi connectivity index (χ2v) is 6.56. The first-order valence-corrected chi connectivity index (χ1v) is 8.86. The van der Waals surface area contributed by atoms with E-state index in [0.717, 1.165) is 24.3 Å². The largest absolute Gasteiger partial charge is 0.492 e. The molecular weight excluding hydrogens is 349 g/mol. The van der Waals surface area contributed by atoms with Crippen molar-refractivity contribution in [1.82, 2.24) is 0 Å². The number of benzene rings is 2. The number of halogens is 1. The van der Waals surface area contributed by atoms with Gasteiger partial charge in [-0.05, 0) is 41.8 Å². The van der Waals surface area contributed by atoms with E-state index in [4.69, 9.17) is 18.9 Å². The average molecular weight is 370 g/mol. The molecule has 2 heterocycles. The minimum atomic E-state index is -0.289. The lowest BCUT2D eigenvalue weighted by molar-refractivity contribution is -0.905. The molecule has 0 amide bonds. The van der Waals surface area contributed by atoms with Crippen LogP contribution in [0.1, 0.15) is 17.2 Å². The van der Waals surface area contributed by atoms with Crippen LogP contribution in [0.5, 0.6) is 23.0 Å². The Balaban J connectivity index is 1.58. The summed E-state index contributed by atoms with van der Waals surface area (Å²) in [4.78, 5) is 1.29. The second-order valence-electron chi connectivity index (χ2n) is 6.56. The average Bonchev–Trinajstić information content (AvgIpc) is 3.14. The van der Waals surface area contributed by atoms with Crippen molar-refractivity contribution in [3.8, 4) is 34.8 Å². The monoisotopic (exact) mass is 370 g/mol. The number of quaternary nitrogens is 1. The minimum Gasteiger partial charge on any atom is -0.492 e. The Hall–Kier alpha value is -2.91. The molecule has 1 N–H and O–H groups in total. The highest BCUT2D eigenvalue weighted by Gasteiger charge is 2.35. The van der Waals surface area contributed by atoms with E-state index < -0.39 is 0 Å². The van der Waals surface area contributed by atoms with Crippen LogP contribution in [-0.4, -0.2) is 34.1 Å². The van der Waals surface area contributed by atoms with Gasteiger partial charge in [0.2, 0.25) is 12.5 Å². The van der Waals surface area contributed by atoms with E-state index in [0.29, 0.717) is 17.2 Å². The van der Waals surface area contributed by atoms with Crippen molar-refractivity contribution in [3.63, 3.8) is 0 Å². The molecule has 6 heteroatoms. The molecule has 2 aromatic rings. The van der Waals surface area contributed by atoms with Gasteiger partial charge >= 0.3 is 0 Å². The van der Waals surface area contributed by atoms with Gasteiger partial charge in [0.25, 0.3) is 0 Å². The number of likely N-dealkylation sites (N-methyl/N-ethyl adjacent to an activating group) is 1. The van der Waals surface area contributed by atoms with Gasteiger partial charge < -0.3 is 23.8 Å². The summed E-state index contributed by atoms with van der Waals surface area (Å²) in [5, 5.41) is 0. The summed E-state index contributed by atoms with van der Waals surface area (Å²) in [7, 11) is 3.76. The molecule has 4 rings (SSSR count). The highest BCUT2D eigenvalue weighted by atomic mass is 19.1. The van der Waals surface area contributed by atoms with Crippen molar-refractivity contribution < 1.29 is 28.2 Å². The molecule has 0 bridgehead atoms. The molecule has 2 aromatic carbocycles. The summed E-state index contributed by atoms with van der Waals surface area (Å²) in [6.07, 6.45) is 0.929. The van der Waals surface area contributed by atoms with Crippen molar-refractivity contribution in [1.29, 1.82) is 0 Å². The third-order valence-electron chi connectivity index (χ3n) is 4.89. The van der Waals surface area contributed by atoms with Crippen LogP contribution in [0.3, 0.4) is 0 Å². The van der Waals surface area contributed by atoms with Gasteiger partial charge in [-0.25, -0.2) is 4.39 Å².